The topological polar surface area (TPSA) is 44.6 Å². The molecule has 0 spiro atoms. The largest absolute Gasteiger partial charge is 0.296 e. The zero-order valence-electron chi connectivity index (χ0n) is 16.3. The molecule has 0 bridgehead atoms. The number of anilines is 1. The molecule has 0 amide bonds. The minimum atomic E-state index is 0.367. The first kappa shape index (κ1) is 17.8. The maximum Gasteiger partial charge on any atom is 0.148 e. The van der Waals surface area contributed by atoms with Crippen LogP contribution < -0.4 is 5.01 Å². The summed E-state index contributed by atoms with van der Waals surface area (Å²) in [5.41, 5.74) is 5.74. The molecule has 5 rings (SSSR count). The first-order valence-corrected chi connectivity index (χ1v) is 10.9. The number of pyridine rings is 1. The molecular formula is C22H25N5S. The molecule has 1 fully saturated rings. The second-order valence-corrected chi connectivity index (χ2v) is 8.69. The van der Waals surface area contributed by atoms with Crippen LogP contribution in [-0.2, 0) is 0 Å². The van der Waals surface area contributed by atoms with E-state index in [1.54, 1.807) is 11.3 Å². The normalized spacial score (nSPS) is 24.1. The van der Waals surface area contributed by atoms with Crippen molar-refractivity contribution in [1.29, 1.82) is 0 Å². The third-order valence-electron chi connectivity index (χ3n) is 6.28. The Morgan fingerprint density at radius 3 is 2.93 bits per heavy atom. The third-order valence-corrected chi connectivity index (χ3v) is 7.09. The van der Waals surface area contributed by atoms with Gasteiger partial charge in [0.25, 0.3) is 0 Å². The predicted octanol–water partition coefficient (Wildman–Crippen LogP) is 4.73. The maximum absolute atomic E-state index is 4.97. The van der Waals surface area contributed by atoms with Crippen LogP contribution in [0.3, 0.4) is 0 Å². The highest BCUT2D eigenvalue weighted by Gasteiger charge is 2.37. The van der Waals surface area contributed by atoms with E-state index in [2.05, 4.69) is 58.0 Å². The Balaban J connectivity index is 1.33. The number of hydrazone groups is 1. The zero-order chi connectivity index (χ0) is 19.1. The monoisotopic (exact) mass is 391 g/mol. The molecule has 28 heavy (non-hydrogen) atoms. The molecule has 2 aliphatic rings. The second-order valence-electron chi connectivity index (χ2n) is 7.80. The van der Waals surface area contributed by atoms with Crippen molar-refractivity contribution in [1.82, 2.24) is 14.9 Å². The lowest BCUT2D eigenvalue weighted by molar-refractivity contribution is 0.214. The third kappa shape index (κ3) is 3.10. The molecule has 2 aliphatic heterocycles. The second kappa shape index (κ2) is 7.26. The molecule has 5 nitrogen and oxygen atoms in total. The van der Waals surface area contributed by atoms with Crippen molar-refractivity contribution in [2.75, 3.05) is 18.1 Å². The summed E-state index contributed by atoms with van der Waals surface area (Å²) < 4.78 is 1.26. The van der Waals surface area contributed by atoms with Gasteiger partial charge < -0.3 is 0 Å². The SMILES string of the molecule is CC(c1ccc2scnc2c1)N1CCC2=NN(c3ccccn3)C(C)C2CC1. The van der Waals surface area contributed by atoms with Gasteiger partial charge in [0.2, 0.25) is 0 Å². The molecule has 0 saturated carbocycles. The lowest BCUT2D eigenvalue weighted by atomic mass is 9.92. The smallest absolute Gasteiger partial charge is 0.148 e. The summed E-state index contributed by atoms with van der Waals surface area (Å²) in [6, 6.07) is 13.5. The van der Waals surface area contributed by atoms with Crippen molar-refractivity contribution < 1.29 is 0 Å². The number of fused-ring (bicyclic) bond motifs is 2. The molecule has 1 aromatic carbocycles. The van der Waals surface area contributed by atoms with Gasteiger partial charge in [-0.2, -0.15) is 5.10 Å². The van der Waals surface area contributed by atoms with Crippen LogP contribution in [0.1, 0.15) is 38.3 Å². The first-order chi connectivity index (χ1) is 13.7. The van der Waals surface area contributed by atoms with Crippen molar-refractivity contribution in [3.63, 3.8) is 0 Å². The predicted molar refractivity (Wildman–Crippen MR) is 116 cm³/mol. The van der Waals surface area contributed by atoms with E-state index in [0.29, 0.717) is 18.0 Å². The summed E-state index contributed by atoms with van der Waals surface area (Å²) in [7, 11) is 0. The van der Waals surface area contributed by atoms with Crippen molar-refractivity contribution in [2.45, 2.75) is 38.8 Å². The average Bonchev–Trinajstić information content (AvgIpc) is 3.25. The van der Waals surface area contributed by atoms with E-state index in [-0.39, 0.29) is 0 Å². The number of rotatable bonds is 3. The van der Waals surface area contributed by atoms with Crippen molar-refractivity contribution in [3.05, 3.63) is 53.7 Å². The molecule has 0 aliphatic carbocycles. The van der Waals surface area contributed by atoms with Crippen LogP contribution in [-0.4, -0.2) is 39.7 Å². The standard InChI is InChI=1S/C22H25N5S/c1-15(17-6-7-21-20(13-17)24-14-28-21)26-11-8-18-16(2)27(25-19(18)9-12-26)22-5-3-4-10-23-22/h3-7,10,13-16,18H,8-9,11-12H2,1-2H3. The Labute approximate surface area is 169 Å². The quantitative estimate of drug-likeness (QED) is 0.647. The molecule has 3 atom stereocenters. The Bertz CT molecular complexity index is 998. The van der Waals surface area contributed by atoms with E-state index >= 15 is 0 Å². The van der Waals surface area contributed by atoms with Gasteiger partial charge in [-0.05, 0) is 56.6 Å². The van der Waals surface area contributed by atoms with Gasteiger partial charge in [-0.3, -0.25) is 4.90 Å². The van der Waals surface area contributed by atoms with Gasteiger partial charge in [0.15, 0.2) is 0 Å². The maximum atomic E-state index is 4.97. The lowest BCUT2D eigenvalue weighted by Crippen LogP contribution is -2.32. The first-order valence-electron chi connectivity index (χ1n) is 10.1. The minimum Gasteiger partial charge on any atom is -0.296 e. The molecule has 0 radical (unpaired) electrons. The van der Waals surface area contributed by atoms with Crippen LogP contribution in [0.2, 0.25) is 0 Å². The Hall–Kier alpha value is -2.31. The average molecular weight is 392 g/mol. The molecule has 4 heterocycles. The molecule has 3 aromatic rings. The molecular weight excluding hydrogens is 366 g/mol. The molecule has 6 heteroatoms. The fourth-order valence-electron chi connectivity index (χ4n) is 4.55. The Morgan fingerprint density at radius 1 is 1.14 bits per heavy atom. The van der Waals surface area contributed by atoms with Gasteiger partial charge in [-0.25, -0.2) is 15.0 Å². The van der Waals surface area contributed by atoms with E-state index in [9.17, 15) is 0 Å². The highest BCUT2D eigenvalue weighted by atomic mass is 32.1. The number of hydrogen-bond acceptors (Lipinski definition) is 6. The summed E-state index contributed by atoms with van der Waals surface area (Å²) in [6.45, 7) is 6.75. The van der Waals surface area contributed by atoms with E-state index < -0.39 is 0 Å². The summed E-state index contributed by atoms with van der Waals surface area (Å²) in [5.74, 6) is 1.47. The Kier molecular flexibility index (Phi) is 4.61. The van der Waals surface area contributed by atoms with Gasteiger partial charge in [-0.15, -0.1) is 11.3 Å². The van der Waals surface area contributed by atoms with E-state index in [4.69, 9.17) is 5.10 Å². The number of nitrogens with zero attached hydrogens (tertiary/aromatic N) is 5. The van der Waals surface area contributed by atoms with Crippen molar-refractivity contribution in [3.8, 4) is 0 Å². The number of likely N-dealkylation sites (tertiary alicyclic amines) is 1. The summed E-state index contributed by atoms with van der Waals surface area (Å²) in [6.07, 6.45) is 4.02. The van der Waals surface area contributed by atoms with Crippen molar-refractivity contribution >= 4 is 33.1 Å². The fourth-order valence-corrected chi connectivity index (χ4v) is 5.21. The lowest BCUT2D eigenvalue weighted by Gasteiger charge is -2.29. The van der Waals surface area contributed by atoms with Crippen LogP contribution in [0.25, 0.3) is 10.2 Å². The van der Waals surface area contributed by atoms with Crippen LogP contribution in [0.5, 0.6) is 0 Å². The van der Waals surface area contributed by atoms with E-state index in [0.717, 1.165) is 37.3 Å². The van der Waals surface area contributed by atoms with Gasteiger partial charge in [0, 0.05) is 36.8 Å². The zero-order valence-corrected chi connectivity index (χ0v) is 17.1. The van der Waals surface area contributed by atoms with Crippen LogP contribution >= 0.6 is 11.3 Å². The summed E-state index contributed by atoms with van der Waals surface area (Å²) in [4.78, 5) is 11.6. The summed E-state index contributed by atoms with van der Waals surface area (Å²) in [5, 5.41) is 7.09. The number of hydrogen-bond donors (Lipinski definition) is 0. The van der Waals surface area contributed by atoms with Crippen LogP contribution in [0, 0.1) is 5.92 Å². The van der Waals surface area contributed by atoms with E-state index in [1.807, 2.05) is 23.8 Å². The number of thiazole rings is 1. The van der Waals surface area contributed by atoms with Gasteiger partial charge in [-0.1, -0.05) is 12.1 Å². The number of benzene rings is 1. The minimum absolute atomic E-state index is 0.367. The highest BCUT2D eigenvalue weighted by molar-refractivity contribution is 7.16. The summed E-state index contributed by atoms with van der Waals surface area (Å²) >= 11 is 1.71. The van der Waals surface area contributed by atoms with Gasteiger partial charge in [0.1, 0.15) is 5.82 Å². The highest BCUT2D eigenvalue weighted by Crippen LogP contribution is 2.34. The van der Waals surface area contributed by atoms with Gasteiger partial charge in [0.05, 0.1) is 21.8 Å². The molecule has 1 saturated heterocycles. The molecule has 144 valence electrons. The molecule has 2 aromatic heterocycles. The van der Waals surface area contributed by atoms with Crippen LogP contribution in [0.4, 0.5) is 5.82 Å². The molecule has 0 N–H and O–H groups in total. The van der Waals surface area contributed by atoms with E-state index in [1.165, 1.54) is 16.0 Å². The van der Waals surface area contributed by atoms with Crippen molar-refractivity contribution in [2.24, 2.45) is 11.0 Å². The molecule has 3 unspecified atom stereocenters. The Morgan fingerprint density at radius 2 is 2.07 bits per heavy atom. The van der Waals surface area contributed by atoms with Gasteiger partial charge >= 0.3 is 0 Å². The number of aromatic nitrogens is 2. The van der Waals surface area contributed by atoms with Crippen LogP contribution in [0.15, 0.2) is 53.2 Å². The fraction of sp³-hybridized carbons (Fsp3) is 0.409.